The zero-order valence-corrected chi connectivity index (χ0v) is 16.4. The van der Waals surface area contributed by atoms with Gasteiger partial charge in [0.1, 0.15) is 0 Å². The first kappa shape index (κ1) is 18.4. The van der Waals surface area contributed by atoms with Gasteiger partial charge < -0.3 is 10.6 Å². The van der Waals surface area contributed by atoms with Crippen LogP contribution in [0, 0.1) is 0 Å². The number of nitrogens with one attached hydrogen (secondary N) is 2. The summed E-state index contributed by atoms with van der Waals surface area (Å²) in [4.78, 5) is 25.1. The minimum atomic E-state index is -0.163. The summed E-state index contributed by atoms with van der Waals surface area (Å²) in [5, 5.41) is 7.66. The van der Waals surface area contributed by atoms with Crippen molar-refractivity contribution in [1.29, 1.82) is 0 Å². The average Bonchev–Trinajstić information content (AvgIpc) is 3.17. The molecule has 26 heavy (non-hydrogen) atoms. The molecule has 1 unspecified atom stereocenters. The van der Waals surface area contributed by atoms with Crippen molar-refractivity contribution in [3.63, 3.8) is 0 Å². The lowest BCUT2D eigenvalue weighted by atomic mass is 10.1. The molecule has 1 aromatic heterocycles. The van der Waals surface area contributed by atoms with Crippen molar-refractivity contribution in [3.05, 3.63) is 86.5 Å². The second-order valence-electron chi connectivity index (χ2n) is 5.73. The van der Waals surface area contributed by atoms with Gasteiger partial charge in [0.2, 0.25) is 0 Å². The Morgan fingerprint density at radius 1 is 0.962 bits per heavy atom. The van der Waals surface area contributed by atoms with Crippen LogP contribution in [0.15, 0.2) is 70.5 Å². The number of hydrogen-bond acceptors (Lipinski definition) is 3. The van der Waals surface area contributed by atoms with Crippen molar-refractivity contribution in [2.45, 2.75) is 13.0 Å². The first-order valence-electron chi connectivity index (χ1n) is 8.05. The van der Waals surface area contributed by atoms with Crippen LogP contribution in [0.2, 0.25) is 0 Å². The Bertz CT molecular complexity index is 908. The highest BCUT2D eigenvalue weighted by atomic mass is 79.9. The molecule has 4 nitrogen and oxygen atoms in total. The number of anilines is 1. The maximum atomic E-state index is 12.4. The Balaban J connectivity index is 1.63. The fourth-order valence-electron chi connectivity index (χ4n) is 2.49. The molecule has 3 aromatic rings. The van der Waals surface area contributed by atoms with E-state index < -0.39 is 0 Å². The van der Waals surface area contributed by atoms with Crippen LogP contribution in [-0.4, -0.2) is 11.8 Å². The summed E-state index contributed by atoms with van der Waals surface area (Å²) in [5.74, 6) is -0.316. The Hall–Kier alpha value is -2.44. The van der Waals surface area contributed by atoms with Crippen LogP contribution in [0.3, 0.4) is 0 Å². The fourth-order valence-corrected chi connectivity index (χ4v) is 3.74. The highest BCUT2D eigenvalue weighted by Gasteiger charge is 2.14. The Kier molecular flexibility index (Phi) is 5.85. The topological polar surface area (TPSA) is 58.2 Å². The summed E-state index contributed by atoms with van der Waals surface area (Å²) in [7, 11) is 0. The molecule has 0 saturated heterocycles. The van der Waals surface area contributed by atoms with Gasteiger partial charge in [-0.15, -0.1) is 11.3 Å². The minimum Gasteiger partial charge on any atom is -0.345 e. The molecule has 0 aliphatic heterocycles. The summed E-state index contributed by atoms with van der Waals surface area (Å²) in [6.45, 7) is 1.94. The lowest BCUT2D eigenvalue weighted by Gasteiger charge is -2.16. The third-order valence-electron chi connectivity index (χ3n) is 3.87. The van der Waals surface area contributed by atoms with Gasteiger partial charge in [0.05, 0.1) is 10.9 Å². The van der Waals surface area contributed by atoms with E-state index in [1.165, 1.54) is 11.3 Å². The van der Waals surface area contributed by atoms with Crippen molar-refractivity contribution in [2.24, 2.45) is 0 Å². The molecular weight excluding hydrogens is 412 g/mol. The van der Waals surface area contributed by atoms with E-state index in [-0.39, 0.29) is 17.9 Å². The third-order valence-corrected chi connectivity index (χ3v) is 5.46. The first-order chi connectivity index (χ1) is 12.5. The van der Waals surface area contributed by atoms with Crippen molar-refractivity contribution in [1.82, 2.24) is 5.32 Å². The largest absolute Gasteiger partial charge is 0.345 e. The maximum absolute atomic E-state index is 12.4. The van der Waals surface area contributed by atoms with Crippen molar-refractivity contribution in [2.75, 3.05) is 5.32 Å². The van der Waals surface area contributed by atoms with Crippen molar-refractivity contribution in [3.8, 4) is 0 Å². The highest BCUT2D eigenvalue weighted by molar-refractivity contribution is 9.10. The standard InChI is InChI=1S/C20H17BrN2O2S/c1-13(16-5-2-3-6-17(16)21)22-19(24)14-8-10-15(11-9-14)23-20(25)18-7-4-12-26-18/h2-13H,1H3,(H,22,24)(H,23,25). The van der Waals surface area contributed by atoms with Gasteiger partial charge in [-0.3, -0.25) is 9.59 Å². The molecule has 0 fully saturated rings. The molecule has 0 saturated carbocycles. The zero-order chi connectivity index (χ0) is 18.5. The fraction of sp³-hybridized carbons (Fsp3) is 0.100. The number of amides is 2. The monoisotopic (exact) mass is 428 g/mol. The van der Waals surface area contributed by atoms with Crippen LogP contribution in [0.4, 0.5) is 5.69 Å². The second-order valence-corrected chi connectivity index (χ2v) is 7.53. The first-order valence-corrected chi connectivity index (χ1v) is 9.72. The Morgan fingerprint density at radius 2 is 1.69 bits per heavy atom. The summed E-state index contributed by atoms with van der Waals surface area (Å²) in [5.41, 5.74) is 2.21. The van der Waals surface area contributed by atoms with Gasteiger partial charge in [-0.25, -0.2) is 0 Å². The second kappa shape index (κ2) is 8.29. The molecule has 6 heteroatoms. The van der Waals surface area contributed by atoms with Gasteiger partial charge in [-0.1, -0.05) is 40.2 Å². The molecule has 1 atom stereocenters. The summed E-state index contributed by atoms with van der Waals surface area (Å²) in [6.07, 6.45) is 0. The predicted molar refractivity (Wildman–Crippen MR) is 109 cm³/mol. The molecule has 0 radical (unpaired) electrons. The van der Waals surface area contributed by atoms with Gasteiger partial charge >= 0.3 is 0 Å². The summed E-state index contributed by atoms with van der Waals surface area (Å²) >= 11 is 4.89. The van der Waals surface area contributed by atoms with E-state index in [1.54, 1.807) is 30.3 Å². The van der Waals surface area contributed by atoms with Crippen LogP contribution in [0.5, 0.6) is 0 Å². The van der Waals surface area contributed by atoms with E-state index in [0.29, 0.717) is 16.1 Å². The molecule has 2 aromatic carbocycles. The number of halogens is 1. The van der Waals surface area contributed by atoms with Gasteiger partial charge in [0.25, 0.3) is 11.8 Å². The average molecular weight is 429 g/mol. The molecule has 2 amide bonds. The van der Waals surface area contributed by atoms with Gasteiger partial charge in [-0.2, -0.15) is 0 Å². The normalized spacial score (nSPS) is 11.6. The number of benzene rings is 2. The summed E-state index contributed by atoms with van der Waals surface area (Å²) in [6, 6.07) is 18.1. The molecule has 132 valence electrons. The molecule has 1 heterocycles. The Morgan fingerprint density at radius 3 is 2.35 bits per heavy atom. The van der Waals surface area contributed by atoms with Gasteiger partial charge in [-0.05, 0) is 54.3 Å². The smallest absolute Gasteiger partial charge is 0.265 e. The zero-order valence-electron chi connectivity index (χ0n) is 14.0. The van der Waals surface area contributed by atoms with Crippen LogP contribution >= 0.6 is 27.3 Å². The molecular formula is C20H17BrN2O2S. The molecule has 3 rings (SSSR count). The van der Waals surface area contributed by atoms with Crippen molar-refractivity contribution < 1.29 is 9.59 Å². The van der Waals surface area contributed by atoms with E-state index in [1.807, 2.05) is 42.6 Å². The van der Waals surface area contributed by atoms with E-state index in [9.17, 15) is 9.59 Å². The third kappa shape index (κ3) is 4.39. The van der Waals surface area contributed by atoms with E-state index in [0.717, 1.165) is 10.0 Å². The van der Waals surface area contributed by atoms with Crippen LogP contribution in [0.25, 0.3) is 0 Å². The number of rotatable bonds is 5. The molecule has 2 N–H and O–H groups in total. The highest BCUT2D eigenvalue weighted by Crippen LogP contribution is 2.23. The number of hydrogen-bond donors (Lipinski definition) is 2. The number of carbonyl (C=O) groups is 2. The van der Waals surface area contributed by atoms with Crippen LogP contribution in [-0.2, 0) is 0 Å². The summed E-state index contributed by atoms with van der Waals surface area (Å²) < 4.78 is 0.958. The molecule has 0 bridgehead atoms. The Labute approximate surface area is 164 Å². The lowest BCUT2D eigenvalue weighted by molar-refractivity contribution is 0.0939. The SMILES string of the molecule is CC(NC(=O)c1ccc(NC(=O)c2cccs2)cc1)c1ccccc1Br. The molecule has 0 aliphatic rings. The van der Waals surface area contributed by atoms with E-state index in [4.69, 9.17) is 0 Å². The van der Waals surface area contributed by atoms with E-state index in [2.05, 4.69) is 26.6 Å². The van der Waals surface area contributed by atoms with Crippen LogP contribution in [0.1, 0.15) is 38.6 Å². The lowest BCUT2D eigenvalue weighted by Crippen LogP contribution is -2.26. The number of thiophene rings is 1. The van der Waals surface area contributed by atoms with Gasteiger partial charge in [0, 0.05) is 15.7 Å². The quantitative estimate of drug-likeness (QED) is 0.582. The number of carbonyl (C=O) groups excluding carboxylic acids is 2. The maximum Gasteiger partial charge on any atom is 0.265 e. The molecule has 0 aliphatic carbocycles. The van der Waals surface area contributed by atoms with Gasteiger partial charge in [0.15, 0.2) is 0 Å². The molecule has 0 spiro atoms. The van der Waals surface area contributed by atoms with E-state index >= 15 is 0 Å². The predicted octanol–water partition coefficient (Wildman–Crippen LogP) is 5.25. The van der Waals surface area contributed by atoms with Crippen LogP contribution < -0.4 is 10.6 Å². The minimum absolute atomic E-state index is 0.128. The van der Waals surface area contributed by atoms with Crippen molar-refractivity contribution >= 4 is 44.8 Å².